The molecule has 1 heterocycles. The van der Waals surface area contributed by atoms with Crippen LogP contribution in [0.2, 0.25) is 0 Å². The molecule has 1 fully saturated rings. The van der Waals surface area contributed by atoms with Crippen molar-refractivity contribution in [3.63, 3.8) is 0 Å². The van der Waals surface area contributed by atoms with Gasteiger partial charge in [0, 0.05) is 0 Å². The van der Waals surface area contributed by atoms with Gasteiger partial charge in [-0.05, 0) is 25.9 Å². The summed E-state index contributed by atoms with van der Waals surface area (Å²) in [5, 5.41) is 0. The molecule has 1 rings (SSSR count). The van der Waals surface area contributed by atoms with Crippen molar-refractivity contribution >= 4 is 17.9 Å². The number of alkyl halides is 1. The van der Waals surface area contributed by atoms with Crippen LogP contribution in [0.4, 0.5) is 0 Å². The molecule has 1 aliphatic rings. The van der Waals surface area contributed by atoms with Gasteiger partial charge in [-0.1, -0.05) is 11.6 Å². The quantitative estimate of drug-likeness (QED) is 0.328. The van der Waals surface area contributed by atoms with E-state index in [1.165, 1.54) is 12.8 Å². The van der Waals surface area contributed by atoms with Crippen LogP contribution < -0.4 is 0 Å². The monoisotopic (exact) mass is 147 g/mol. The molecule has 0 bridgehead atoms. The van der Waals surface area contributed by atoms with Gasteiger partial charge in [0.2, 0.25) is 0 Å². The zero-order valence-electron chi connectivity index (χ0n) is 5.22. The Morgan fingerprint density at radius 3 is 2.44 bits per heavy atom. The maximum absolute atomic E-state index is 10.1. The lowest BCUT2D eigenvalue weighted by molar-refractivity contribution is -0.109. The zero-order chi connectivity index (χ0) is 6.69. The first-order chi connectivity index (χ1) is 4.34. The van der Waals surface area contributed by atoms with Crippen molar-refractivity contribution in [2.45, 2.75) is 18.3 Å². The molecule has 1 atom stereocenters. The molecule has 0 aromatic heterocycles. The number of aldehydes is 1. The van der Waals surface area contributed by atoms with Crippen LogP contribution in [-0.4, -0.2) is 29.8 Å². The Bertz CT molecular complexity index is 101. The summed E-state index contributed by atoms with van der Waals surface area (Å²) in [6, 6.07) is 0. The number of carbonyl (C=O) groups is 1. The predicted molar refractivity (Wildman–Crippen MR) is 36.5 cm³/mol. The molecule has 0 radical (unpaired) electrons. The molecule has 0 N–H and O–H groups in total. The standard InChI is InChI=1S/C6H10ClNO/c7-6(5-9)8-3-1-2-4-8/h5-6H,1-4H2. The average Bonchev–Trinajstić information content (AvgIpc) is 2.37. The molecular formula is C6H10ClNO. The van der Waals surface area contributed by atoms with E-state index in [2.05, 4.69) is 0 Å². The van der Waals surface area contributed by atoms with Gasteiger partial charge in [-0.25, -0.2) is 0 Å². The molecule has 1 aliphatic heterocycles. The SMILES string of the molecule is O=CC(Cl)N1CCCC1. The maximum atomic E-state index is 10.1. The minimum absolute atomic E-state index is 0.382. The third-order valence-electron chi connectivity index (χ3n) is 1.60. The second-order valence-electron chi connectivity index (χ2n) is 2.25. The number of halogens is 1. The van der Waals surface area contributed by atoms with Crippen molar-refractivity contribution in [3.05, 3.63) is 0 Å². The van der Waals surface area contributed by atoms with Gasteiger partial charge in [0.25, 0.3) is 0 Å². The van der Waals surface area contributed by atoms with Crippen LogP contribution in [0, 0.1) is 0 Å². The largest absolute Gasteiger partial charge is 0.300 e. The highest BCUT2D eigenvalue weighted by atomic mass is 35.5. The van der Waals surface area contributed by atoms with Crippen LogP contribution >= 0.6 is 11.6 Å². The molecule has 3 heteroatoms. The van der Waals surface area contributed by atoms with E-state index in [0.29, 0.717) is 0 Å². The number of nitrogens with zero attached hydrogens (tertiary/aromatic N) is 1. The smallest absolute Gasteiger partial charge is 0.152 e. The van der Waals surface area contributed by atoms with E-state index in [-0.39, 0.29) is 5.50 Å². The lowest BCUT2D eigenvalue weighted by atomic mass is 10.4. The number of hydrogen-bond acceptors (Lipinski definition) is 2. The van der Waals surface area contributed by atoms with Gasteiger partial charge < -0.3 is 4.79 Å². The molecule has 52 valence electrons. The molecule has 1 saturated heterocycles. The van der Waals surface area contributed by atoms with E-state index in [0.717, 1.165) is 19.4 Å². The Kier molecular flexibility index (Phi) is 2.49. The van der Waals surface area contributed by atoms with Gasteiger partial charge >= 0.3 is 0 Å². The average molecular weight is 148 g/mol. The van der Waals surface area contributed by atoms with E-state index in [9.17, 15) is 4.79 Å². The molecule has 0 amide bonds. The van der Waals surface area contributed by atoms with Gasteiger partial charge in [0.05, 0.1) is 0 Å². The number of hydrogen-bond donors (Lipinski definition) is 0. The fourth-order valence-electron chi connectivity index (χ4n) is 1.07. The van der Waals surface area contributed by atoms with Gasteiger partial charge in [-0.3, -0.25) is 4.90 Å². The maximum Gasteiger partial charge on any atom is 0.152 e. The molecule has 9 heavy (non-hydrogen) atoms. The summed E-state index contributed by atoms with van der Waals surface area (Å²) in [5.74, 6) is 0. The van der Waals surface area contributed by atoms with Crippen LogP contribution in [-0.2, 0) is 4.79 Å². The van der Waals surface area contributed by atoms with Crippen molar-refractivity contribution in [1.82, 2.24) is 4.90 Å². The van der Waals surface area contributed by atoms with Crippen LogP contribution in [0.1, 0.15) is 12.8 Å². The van der Waals surface area contributed by atoms with Crippen LogP contribution in [0.5, 0.6) is 0 Å². The minimum atomic E-state index is -0.382. The van der Waals surface area contributed by atoms with Gasteiger partial charge in [0.1, 0.15) is 5.50 Å². The van der Waals surface area contributed by atoms with Crippen LogP contribution in [0.15, 0.2) is 0 Å². The summed E-state index contributed by atoms with van der Waals surface area (Å²) >= 11 is 5.63. The zero-order valence-corrected chi connectivity index (χ0v) is 5.97. The normalized spacial score (nSPS) is 24.1. The first-order valence-electron chi connectivity index (χ1n) is 3.18. The van der Waals surface area contributed by atoms with E-state index in [1.807, 2.05) is 4.90 Å². The first kappa shape index (κ1) is 7.03. The van der Waals surface area contributed by atoms with Gasteiger partial charge in [-0.2, -0.15) is 0 Å². The molecule has 0 aromatic rings. The number of rotatable bonds is 2. The van der Waals surface area contributed by atoms with E-state index < -0.39 is 0 Å². The number of likely N-dealkylation sites (tertiary alicyclic amines) is 1. The Hall–Kier alpha value is -0.0800. The Morgan fingerprint density at radius 2 is 2.00 bits per heavy atom. The van der Waals surface area contributed by atoms with Crippen molar-refractivity contribution in [1.29, 1.82) is 0 Å². The third kappa shape index (κ3) is 1.66. The lowest BCUT2D eigenvalue weighted by Gasteiger charge is -2.14. The molecular weight excluding hydrogens is 138 g/mol. The summed E-state index contributed by atoms with van der Waals surface area (Å²) in [6.07, 6.45) is 3.14. The van der Waals surface area contributed by atoms with Crippen LogP contribution in [0.25, 0.3) is 0 Å². The summed E-state index contributed by atoms with van der Waals surface area (Å²) in [6.45, 7) is 1.96. The fraction of sp³-hybridized carbons (Fsp3) is 0.833. The highest BCUT2D eigenvalue weighted by molar-refractivity contribution is 6.27. The summed E-state index contributed by atoms with van der Waals surface area (Å²) in [4.78, 5) is 12.1. The van der Waals surface area contributed by atoms with Crippen LogP contribution in [0.3, 0.4) is 0 Å². The molecule has 0 saturated carbocycles. The fourth-order valence-corrected chi connectivity index (χ4v) is 1.27. The van der Waals surface area contributed by atoms with E-state index >= 15 is 0 Å². The van der Waals surface area contributed by atoms with Gasteiger partial charge in [-0.15, -0.1) is 0 Å². The third-order valence-corrected chi connectivity index (χ3v) is 1.98. The summed E-state index contributed by atoms with van der Waals surface area (Å²) in [7, 11) is 0. The van der Waals surface area contributed by atoms with Crippen molar-refractivity contribution in [2.24, 2.45) is 0 Å². The Labute approximate surface area is 59.8 Å². The number of carbonyl (C=O) groups excluding carboxylic acids is 1. The lowest BCUT2D eigenvalue weighted by Crippen LogP contribution is -2.28. The summed E-state index contributed by atoms with van der Waals surface area (Å²) in [5.41, 5.74) is -0.382. The Morgan fingerprint density at radius 1 is 1.44 bits per heavy atom. The summed E-state index contributed by atoms with van der Waals surface area (Å²) < 4.78 is 0. The molecule has 2 nitrogen and oxygen atoms in total. The topological polar surface area (TPSA) is 20.3 Å². The Balaban J connectivity index is 2.32. The highest BCUT2D eigenvalue weighted by Crippen LogP contribution is 2.12. The van der Waals surface area contributed by atoms with E-state index in [1.54, 1.807) is 0 Å². The second kappa shape index (κ2) is 3.18. The van der Waals surface area contributed by atoms with E-state index in [4.69, 9.17) is 11.6 Å². The minimum Gasteiger partial charge on any atom is -0.300 e. The highest BCUT2D eigenvalue weighted by Gasteiger charge is 2.18. The molecule has 0 spiro atoms. The molecule has 0 aliphatic carbocycles. The molecule has 1 unspecified atom stereocenters. The van der Waals surface area contributed by atoms with Gasteiger partial charge in [0.15, 0.2) is 6.29 Å². The molecule has 0 aromatic carbocycles. The first-order valence-corrected chi connectivity index (χ1v) is 3.61. The second-order valence-corrected chi connectivity index (χ2v) is 2.70. The van der Waals surface area contributed by atoms with Crippen molar-refractivity contribution in [2.75, 3.05) is 13.1 Å². The predicted octanol–water partition coefficient (Wildman–Crippen LogP) is 0.846. The van der Waals surface area contributed by atoms with Crippen molar-refractivity contribution in [3.8, 4) is 0 Å². The van der Waals surface area contributed by atoms with Crippen molar-refractivity contribution < 1.29 is 4.79 Å².